The first-order valence-corrected chi connectivity index (χ1v) is 7.58. The summed E-state index contributed by atoms with van der Waals surface area (Å²) in [6, 6.07) is 8.38. The molecule has 0 aliphatic carbocycles. The Morgan fingerprint density at radius 2 is 2.11 bits per heavy atom. The van der Waals surface area contributed by atoms with Crippen LogP contribution in [0.25, 0.3) is 0 Å². The molecule has 0 bridgehead atoms. The van der Waals surface area contributed by atoms with Crippen LogP contribution >= 0.6 is 24.0 Å². The molecule has 0 saturated heterocycles. The normalized spacial score (nSPS) is 18.3. The Bertz CT molecular complexity index is 482. The number of nitrogens with zero attached hydrogens (tertiary/aromatic N) is 1. The molecule has 0 fully saturated rings. The van der Waals surface area contributed by atoms with E-state index in [2.05, 4.69) is 29.5 Å². The lowest BCUT2D eigenvalue weighted by molar-refractivity contribution is 0.739. The highest BCUT2D eigenvalue weighted by molar-refractivity contribution is 8.14. The zero-order chi connectivity index (χ0) is 13.8. The fourth-order valence-corrected chi connectivity index (χ4v) is 2.94. The molecular weight excluding hydrogens is 276 g/mol. The predicted molar refractivity (Wildman–Crippen MR) is 87.9 cm³/mol. The van der Waals surface area contributed by atoms with Crippen molar-refractivity contribution in [2.24, 2.45) is 10.7 Å². The maximum atomic E-state index is 5.76. The van der Waals surface area contributed by atoms with Gasteiger partial charge < -0.3 is 16.4 Å². The first-order valence-electron chi connectivity index (χ1n) is 6.19. The highest BCUT2D eigenvalue weighted by Crippen LogP contribution is 2.22. The van der Waals surface area contributed by atoms with Crippen LogP contribution in [0.1, 0.15) is 19.4 Å². The molecule has 0 saturated carbocycles. The first kappa shape index (κ1) is 14.3. The van der Waals surface area contributed by atoms with Crippen molar-refractivity contribution in [2.75, 3.05) is 11.1 Å². The number of benzene rings is 1. The van der Waals surface area contributed by atoms with Gasteiger partial charge in [-0.2, -0.15) is 0 Å². The van der Waals surface area contributed by atoms with Gasteiger partial charge >= 0.3 is 0 Å². The van der Waals surface area contributed by atoms with Crippen molar-refractivity contribution in [3.05, 3.63) is 29.8 Å². The third-order valence-electron chi connectivity index (χ3n) is 2.48. The topological polar surface area (TPSA) is 62.4 Å². The average Bonchev–Trinajstić information content (AvgIpc) is 2.75. The van der Waals surface area contributed by atoms with Crippen molar-refractivity contribution in [2.45, 2.75) is 26.1 Å². The number of hydrogen-bond donors (Lipinski definition) is 3. The van der Waals surface area contributed by atoms with Gasteiger partial charge in [0.05, 0.1) is 5.04 Å². The number of thiocarbonyl (C=S) groups is 1. The zero-order valence-corrected chi connectivity index (χ0v) is 12.6. The summed E-state index contributed by atoms with van der Waals surface area (Å²) in [5.74, 6) is 0.859. The van der Waals surface area contributed by atoms with Crippen molar-refractivity contribution in [1.29, 1.82) is 0 Å². The molecule has 0 radical (unpaired) electrons. The van der Waals surface area contributed by atoms with E-state index in [9.17, 15) is 0 Å². The average molecular weight is 294 g/mol. The molecule has 4 nitrogen and oxygen atoms in total. The third kappa shape index (κ3) is 4.19. The van der Waals surface area contributed by atoms with Gasteiger partial charge in [0, 0.05) is 23.0 Å². The van der Waals surface area contributed by atoms with Gasteiger partial charge in [-0.25, -0.2) is 0 Å². The molecule has 4 N–H and O–H groups in total. The fourth-order valence-electron chi connectivity index (χ4n) is 1.67. The molecule has 102 valence electrons. The Hall–Kier alpha value is -1.11. The van der Waals surface area contributed by atoms with Gasteiger partial charge in [-0.05, 0) is 38.2 Å². The molecule has 0 spiro atoms. The minimum atomic E-state index is -0.0689. The minimum Gasteiger partial charge on any atom is -0.360 e. The maximum absolute atomic E-state index is 5.76. The van der Waals surface area contributed by atoms with E-state index in [4.69, 9.17) is 18.0 Å². The molecule has 1 atom stereocenters. The number of nitrogens with two attached hydrogens (primary N) is 1. The van der Waals surface area contributed by atoms with Crippen LogP contribution in [-0.4, -0.2) is 28.1 Å². The summed E-state index contributed by atoms with van der Waals surface area (Å²) in [6.45, 7) is 4.10. The molecule has 1 heterocycles. The SMILES string of the molecule is CC(C)NC(=S)Nc1ccc(C2=NC(N)CS2)cc1. The molecule has 0 amide bonds. The second-order valence-corrected chi connectivity index (χ2v) is 6.06. The number of hydrogen-bond acceptors (Lipinski definition) is 4. The Balaban J connectivity index is 1.99. The van der Waals surface area contributed by atoms with Gasteiger partial charge in [-0.3, -0.25) is 4.99 Å². The lowest BCUT2D eigenvalue weighted by atomic mass is 10.2. The Morgan fingerprint density at radius 3 is 2.63 bits per heavy atom. The summed E-state index contributed by atoms with van der Waals surface area (Å²) in [6.07, 6.45) is -0.0689. The zero-order valence-electron chi connectivity index (χ0n) is 11.0. The van der Waals surface area contributed by atoms with E-state index >= 15 is 0 Å². The lowest BCUT2D eigenvalue weighted by Gasteiger charge is -2.13. The van der Waals surface area contributed by atoms with E-state index in [1.165, 1.54) is 0 Å². The molecule has 2 rings (SSSR count). The van der Waals surface area contributed by atoms with Gasteiger partial charge in [0.15, 0.2) is 5.11 Å². The standard InChI is InChI=1S/C13H18N4S2/c1-8(2)15-13(18)16-10-5-3-9(4-6-10)12-17-11(14)7-19-12/h3-6,8,11H,7,14H2,1-2H3,(H2,15,16,18). The van der Waals surface area contributed by atoms with Gasteiger partial charge in [-0.15, -0.1) is 11.8 Å². The Labute approximate surface area is 123 Å². The molecule has 1 unspecified atom stereocenters. The summed E-state index contributed by atoms with van der Waals surface area (Å²) < 4.78 is 0. The Kier molecular flexibility index (Phi) is 4.79. The van der Waals surface area contributed by atoms with Crippen molar-refractivity contribution >= 4 is 39.8 Å². The van der Waals surface area contributed by atoms with Gasteiger partial charge in [0.1, 0.15) is 6.17 Å². The van der Waals surface area contributed by atoms with Crippen LogP contribution in [-0.2, 0) is 0 Å². The summed E-state index contributed by atoms with van der Waals surface area (Å²) >= 11 is 6.90. The van der Waals surface area contributed by atoms with Crippen LogP contribution < -0.4 is 16.4 Å². The van der Waals surface area contributed by atoms with Crippen molar-refractivity contribution in [1.82, 2.24) is 5.32 Å². The van der Waals surface area contributed by atoms with E-state index < -0.39 is 0 Å². The number of anilines is 1. The number of nitrogens with one attached hydrogen (secondary N) is 2. The van der Waals surface area contributed by atoms with Crippen LogP contribution in [0.5, 0.6) is 0 Å². The molecule has 0 aromatic heterocycles. The molecular formula is C13H18N4S2. The second kappa shape index (κ2) is 6.36. The summed E-state index contributed by atoms with van der Waals surface area (Å²) in [5.41, 5.74) is 7.83. The van der Waals surface area contributed by atoms with E-state index in [-0.39, 0.29) is 6.17 Å². The second-order valence-electron chi connectivity index (χ2n) is 4.64. The van der Waals surface area contributed by atoms with Gasteiger partial charge in [0.2, 0.25) is 0 Å². The van der Waals surface area contributed by atoms with Crippen molar-refractivity contribution in [3.8, 4) is 0 Å². The maximum Gasteiger partial charge on any atom is 0.170 e. The smallest absolute Gasteiger partial charge is 0.170 e. The largest absolute Gasteiger partial charge is 0.360 e. The van der Waals surface area contributed by atoms with Gasteiger partial charge in [-0.1, -0.05) is 12.1 Å². The number of thioether (sulfide) groups is 1. The lowest BCUT2D eigenvalue weighted by Crippen LogP contribution is -2.33. The molecule has 6 heteroatoms. The van der Waals surface area contributed by atoms with Crippen LogP contribution in [0.3, 0.4) is 0 Å². The molecule has 1 aromatic carbocycles. The highest BCUT2D eigenvalue weighted by Gasteiger charge is 2.15. The van der Waals surface area contributed by atoms with E-state index in [1.54, 1.807) is 11.8 Å². The first-order chi connectivity index (χ1) is 9.04. The van der Waals surface area contributed by atoms with E-state index in [0.717, 1.165) is 22.0 Å². The predicted octanol–water partition coefficient (Wildman–Crippen LogP) is 2.16. The third-order valence-corrected chi connectivity index (χ3v) is 3.83. The summed E-state index contributed by atoms with van der Waals surface area (Å²) in [4.78, 5) is 4.39. The van der Waals surface area contributed by atoms with Crippen LogP contribution in [0, 0.1) is 0 Å². The summed E-state index contributed by atoms with van der Waals surface area (Å²) in [5, 5.41) is 7.94. The van der Waals surface area contributed by atoms with Gasteiger partial charge in [0.25, 0.3) is 0 Å². The van der Waals surface area contributed by atoms with Crippen molar-refractivity contribution < 1.29 is 0 Å². The van der Waals surface area contributed by atoms with E-state index in [0.29, 0.717) is 11.2 Å². The van der Waals surface area contributed by atoms with Crippen molar-refractivity contribution in [3.63, 3.8) is 0 Å². The quantitative estimate of drug-likeness (QED) is 0.746. The fraction of sp³-hybridized carbons (Fsp3) is 0.385. The molecule has 1 aromatic rings. The number of aliphatic imine (C=N–C) groups is 1. The highest BCUT2D eigenvalue weighted by atomic mass is 32.2. The van der Waals surface area contributed by atoms with Crippen LogP contribution in [0.4, 0.5) is 5.69 Å². The van der Waals surface area contributed by atoms with Crippen LogP contribution in [0.2, 0.25) is 0 Å². The molecule has 1 aliphatic rings. The van der Waals surface area contributed by atoms with Crippen LogP contribution in [0.15, 0.2) is 29.3 Å². The molecule has 1 aliphatic heterocycles. The number of rotatable bonds is 3. The van der Waals surface area contributed by atoms with E-state index in [1.807, 2.05) is 24.3 Å². The minimum absolute atomic E-state index is 0.0689. The summed E-state index contributed by atoms with van der Waals surface area (Å²) in [7, 11) is 0. The molecule has 19 heavy (non-hydrogen) atoms. The monoisotopic (exact) mass is 294 g/mol. The Morgan fingerprint density at radius 1 is 1.42 bits per heavy atom.